The second-order valence-corrected chi connectivity index (χ2v) is 4.26. The summed E-state index contributed by atoms with van der Waals surface area (Å²) in [6.45, 7) is 7.28. The number of rotatable bonds is 0. The van der Waals surface area contributed by atoms with Gasteiger partial charge >= 0.3 is 0 Å². The van der Waals surface area contributed by atoms with Crippen LogP contribution in [0.25, 0.3) is 5.57 Å². The Morgan fingerprint density at radius 3 is 2.47 bits per heavy atom. The van der Waals surface area contributed by atoms with Gasteiger partial charge in [-0.05, 0) is 18.1 Å². The number of fused-ring (bicyclic) bond motifs is 1. The summed E-state index contributed by atoms with van der Waals surface area (Å²) in [6.07, 6.45) is 0. The van der Waals surface area contributed by atoms with Crippen molar-refractivity contribution in [3.8, 4) is 0 Å². The fraction of sp³-hybridized carbons (Fsp3) is 0.308. The lowest BCUT2D eigenvalue weighted by atomic mass is 9.71. The number of hydrogen-bond acceptors (Lipinski definition) is 2. The van der Waals surface area contributed by atoms with Crippen LogP contribution in [-0.4, -0.2) is 16.5 Å². The molecule has 1 N–H and O–H groups in total. The normalized spacial score (nSPS) is 30.2. The first-order valence-corrected chi connectivity index (χ1v) is 5.01. The molecule has 2 nitrogen and oxygen atoms in total. The third kappa shape index (κ3) is 1.25. The van der Waals surface area contributed by atoms with E-state index >= 15 is 0 Å². The van der Waals surface area contributed by atoms with Crippen LogP contribution in [0.4, 0.5) is 0 Å². The maximum Gasteiger partial charge on any atom is 0.169 e. The first-order valence-electron chi connectivity index (χ1n) is 5.01. The first kappa shape index (κ1) is 10.1. The van der Waals surface area contributed by atoms with Gasteiger partial charge in [-0.2, -0.15) is 0 Å². The predicted molar refractivity (Wildman–Crippen MR) is 59.6 cm³/mol. The van der Waals surface area contributed by atoms with E-state index in [0.717, 1.165) is 5.56 Å². The average molecular weight is 202 g/mol. The molecule has 2 rings (SSSR count). The van der Waals surface area contributed by atoms with Gasteiger partial charge in [0.2, 0.25) is 0 Å². The van der Waals surface area contributed by atoms with Crippen molar-refractivity contribution >= 4 is 11.4 Å². The largest absolute Gasteiger partial charge is 0.385 e. The van der Waals surface area contributed by atoms with E-state index < -0.39 is 11.5 Å². The number of Topliss-reactive ketones (excluding diaryl/α,β-unsaturated/α-hetero) is 1. The van der Waals surface area contributed by atoms with E-state index in [1.165, 1.54) is 0 Å². The van der Waals surface area contributed by atoms with E-state index in [0.29, 0.717) is 11.1 Å². The molecule has 1 aliphatic rings. The number of carbonyl (C=O) groups excluding carboxylic acids is 1. The smallest absolute Gasteiger partial charge is 0.169 e. The number of carbonyl (C=O) groups is 1. The summed E-state index contributed by atoms with van der Waals surface area (Å²) in [5.41, 5.74) is 0.933. The highest BCUT2D eigenvalue weighted by atomic mass is 16.3. The van der Waals surface area contributed by atoms with Crippen molar-refractivity contribution in [3.05, 3.63) is 42.0 Å². The summed E-state index contributed by atoms with van der Waals surface area (Å²) >= 11 is 0. The Morgan fingerprint density at radius 1 is 1.33 bits per heavy atom. The van der Waals surface area contributed by atoms with Gasteiger partial charge < -0.3 is 5.11 Å². The minimum atomic E-state index is -1.13. The fourth-order valence-corrected chi connectivity index (χ4v) is 1.98. The summed E-state index contributed by atoms with van der Waals surface area (Å²) in [5, 5.41) is 10.2. The maximum absolute atomic E-state index is 12.0. The van der Waals surface area contributed by atoms with Crippen LogP contribution in [0.2, 0.25) is 0 Å². The molecule has 0 fully saturated rings. The van der Waals surface area contributed by atoms with E-state index in [9.17, 15) is 9.90 Å². The molecule has 0 heterocycles. The van der Waals surface area contributed by atoms with E-state index in [1.54, 1.807) is 19.9 Å². The van der Waals surface area contributed by atoms with Gasteiger partial charge in [0.05, 0.1) is 11.5 Å². The second kappa shape index (κ2) is 3.04. The van der Waals surface area contributed by atoms with Crippen LogP contribution in [0.15, 0.2) is 30.8 Å². The van der Waals surface area contributed by atoms with Gasteiger partial charge in [-0.3, -0.25) is 4.79 Å². The van der Waals surface area contributed by atoms with Crippen LogP contribution < -0.4 is 0 Å². The SMILES string of the molecule is C=C1c2ccccc2C(=O)C(C)C1(C)O. The molecule has 0 amide bonds. The van der Waals surface area contributed by atoms with Gasteiger partial charge in [-0.25, -0.2) is 0 Å². The van der Waals surface area contributed by atoms with Crippen molar-refractivity contribution in [3.63, 3.8) is 0 Å². The van der Waals surface area contributed by atoms with Gasteiger partial charge in [0, 0.05) is 5.56 Å². The molecule has 1 aromatic carbocycles. The molecule has 0 aromatic heterocycles. The van der Waals surface area contributed by atoms with Crippen molar-refractivity contribution in [2.45, 2.75) is 19.4 Å². The maximum atomic E-state index is 12.0. The third-order valence-corrected chi connectivity index (χ3v) is 3.37. The Labute approximate surface area is 89.2 Å². The Bertz CT molecular complexity index is 444. The summed E-state index contributed by atoms with van der Waals surface area (Å²) in [7, 11) is 0. The van der Waals surface area contributed by atoms with Crippen LogP contribution in [0, 0.1) is 5.92 Å². The average Bonchev–Trinajstić information content (AvgIpc) is 2.24. The van der Waals surface area contributed by atoms with Crippen molar-refractivity contribution in [1.82, 2.24) is 0 Å². The Morgan fingerprint density at radius 2 is 1.87 bits per heavy atom. The molecule has 15 heavy (non-hydrogen) atoms. The van der Waals surface area contributed by atoms with Gasteiger partial charge in [0.15, 0.2) is 5.78 Å². The van der Waals surface area contributed by atoms with Crippen molar-refractivity contribution in [2.75, 3.05) is 0 Å². The number of ketones is 1. The van der Waals surface area contributed by atoms with Crippen molar-refractivity contribution in [1.29, 1.82) is 0 Å². The summed E-state index contributed by atoms with van der Waals surface area (Å²) in [6, 6.07) is 7.30. The molecule has 0 radical (unpaired) electrons. The lowest BCUT2D eigenvalue weighted by Crippen LogP contribution is -2.42. The Kier molecular flexibility index (Phi) is 2.05. The molecule has 1 aliphatic carbocycles. The zero-order valence-electron chi connectivity index (χ0n) is 8.95. The standard InChI is InChI=1S/C13H14O2/c1-8-10-6-4-5-7-11(10)12(14)9(2)13(8,3)15/h4-7,9,15H,1H2,2-3H3. The monoisotopic (exact) mass is 202 g/mol. The zero-order valence-corrected chi connectivity index (χ0v) is 8.95. The minimum absolute atomic E-state index is 0.0111. The highest BCUT2D eigenvalue weighted by molar-refractivity contribution is 6.07. The highest BCUT2D eigenvalue weighted by Gasteiger charge is 2.42. The molecule has 0 saturated carbocycles. The van der Waals surface area contributed by atoms with Crippen molar-refractivity contribution in [2.24, 2.45) is 5.92 Å². The second-order valence-electron chi connectivity index (χ2n) is 4.26. The molecule has 78 valence electrons. The lowest BCUT2D eigenvalue weighted by molar-refractivity contribution is 0.0481. The van der Waals surface area contributed by atoms with Gasteiger partial charge in [0.1, 0.15) is 0 Å². The zero-order chi connectivity index (χ0) is 11.2. The molecular weight excluding hydrogens is 188 g/mol. The van der Waals surface area contributed by atoms with Crippen LogP contribution in [0.5, 0.6) is 0 Å². The topological polar surface area (TPSA) is 37.3 Å². The molecule has 0 bridgehead atoms. The van der Waals surface area contributed by atoms with E-state index in [2.05, 4.69) is 6.58 Å². The summed E-state index contributed by atoms with van der Waals surface area (Å²) in [4.78, 5) is 12.0. The predicted octanol–water partition coefficient (Wildman–Crippen LogP) is 2.28. The number of hydrogen-bond donors (Lipinski definition) is 1. The van der Waals surface area contributed by atoms with Gasteiger partial charge in [-0.1, -0.05) is 37.8 Å². The molecule has 2 atom stereocenters. The highest BCUT2D eigenvalue weighted by Crippen LogP contribution is 2.40. The van der Waals surface area contributed by atoms with Gasteiger partial charge in [0.25, 0.3) is 0 Å². The van der Waals surface area contributed by atoms with Crippen LogP contribution in [-0.2, 0) is 0 Å². The van der Waals surface area contributed by atoms with E-state index in [-0.39, 0.29) is 5.78 Å². The number of aliphatic hydroxyl groups is 1. The molecule has 0 aliphatic heterocycles. The molecular formula is C13H14O2. The molecule has 1 aromatic rings. The molecule has 0 saturated heterocycles. The fourth-order valence-electron chi connectivity index (χ4n) is 1.98. The molecule has 0 spiro atoms. The first-order chi connectivity index (χ1) is 6.96. The molecule has 2 unspecified atom stereocenters. The lowest BCUT2D eigenvalue weighted by Gasteiger charge is -2.36. The van der Waals surface area contributed by atoms with Gasteiger partial charge in [-0.15, -0.1) is 0 Å². The summed E-state index contributed by atoms with van der Waals surface area (Å²) in [5.74, 6) is -0.442. The van der Waals surface area contributed by atoms with Crippen LogP contribution >= 0.6 is 0 Å². The molecule has 2 heteroatoms. The third-order valence-electron chi connectivity index (χ3n) is 3.37. The van der Waals surface area contributed by atoms with E-state index in [1.807, 2.05) is 18.2 Å². The Hall–Kier alpha value is -1.41. The quantitative estimate of drug-likeness (QED) is 0.700. The number of benzene rings is 1. The van der Waals surface area contributed by atoms with E-state index in [4.69, 9.17) is 0 Å². The van der Waals surface area contributed by atoms with Crippen LogP contribution in [0.3, 0.4) is 0 Å². The summed E-state index contributed by atoms with van der Waals surface area (Å²) < 4.78 is 0. The van der Waals surface area contributed by atoms with Crippen LogP contribution in [0.1, 0.15) is 29.8 Å². The van der Waals surface area contributed by atoms with Crippen molar-refractivity contribution < 1.29 is 9.90 Å². The Balaban J connectivity index is 2.68. The minimum Gasteiger partial charge on any atom is -0.385 e.